The minimum atomic E-state index is -0.320. The summed E-state index contributed by atoms with van der Waals surface area (Å²) in [6.45, 7) is 1.46. The first-order valence-corrected chi connectivity index (χ1v) is 9.05. The lowest BCUT2D eigenvalue weighted by atomic mass is 10.1. The van der Waals surface area contributed by atoms with E-state index in [1.165, 1.54) is 0 Å². The Kier molecular flexibility index (Phi) is 4.82. The quantitative estimate of drug-likeness (QED) is 0.763. The summed E-state index contributed by atoms with van der Waals surface area (Å²) >= 11 is 6.02. The molecule has 3 heterocycles. The molecule has 5 nitrogen and oxygen atoms in total. The van der Waals surface area contributed by atoms with Crippen molar-refractivity contribution in [2.45, 2.75) is 18.9 Å². The molecule has 1 aliphatic heterocycles. The summed E-state index contributed by atoms with van der Waals surface area (Å²) in [4.78, 5) is 15.8. The topological polar surface area (TPSA) is 62.1 Å². The maximum Gasteiger partial charge on any atom is 0.163 e. The second-order valence-corrected chi connectivity index (χ2v) is 6.86. The van der Waals surface area contributed by atoms with Gasteiger partial charge in [0.25, 0.3) is 0 Å². The molecule has 0 spiro atoms. The van der Waals surface area contributed by atoms with Crippen molar-refractivity contribution in [3.05, 3.63) is 59.9 Å². The van der Waals surface area contributed by atoms with Crippen LogP contribution in [0.3, 0.4) is 0 Å². The number of pyridine rings is 1. The summed E-state index contributed by atoms with van der Waals surface area (Å²) in [7, 11) is 0. The van der Waals surface area contributed by atoms with Crippen LogP contribution in [0.1, 0.15) is 12.8 Å². The Morgan fingerprint density at radius 2 is 1.92 bits per heavy atom. The summed E-state index contributed by atoms with van der Waals surface area (Å²) in [5.41, 5.74) is 2.66. The predicted octanol–water partition coefficient (Wildman–Crippen LogP) is 3.82. The van der Waals surface area contributed by atoms with Crippen LogP contribution in [-0.4, -0.2) is 39.3 Å². The number of halogens is 1. The summed E-state index contributed by atoms with van der Waals surface area (Å²) in [6.07, 6.45) is 4.95. The first-order chi connectivity index (χ1) is 12.7. The minimum absolute atomic E-state index is 0.320. The Balaban J connectivity index is 1.80. The van der Waals surface area contributed by atoms with Gasteiger partial charge in [0.2, 0.25) is 0 Å². The number of hydrogen-bond donors (Lipinski definition) is 1. The lowest BCUT2D eigenvalue weighted by molar-refractivity contribution is 0.154. The van der Waals surface area contributed by atoms with E-state index >= 15 is 0 Å². The molecule has 26 heavy (non-hydrogen) atoms. The van der Waals surface area contributed by atoms with Crippen LogP contribution in [-0.2, 0) is 0 Å². The molecule has 1 N–H and O–H groups in total. The van der Waals surface area contributed by atoms with Crippen molar-refractivity contribution >= 4 is 17.4 Å². The van der Waals surface area contributed by atoms with E-state index in [1.807, 2.05) is 42.5 Å². The number of anilines is 1. The van der Waals surface area contributed by atoms with Crippen LogP contribution in [0, 0.1) is 0 Å². The molecule has 4 rings (SSSR count). The number of aliphatic hydroxyl groups is 1. The standard InChI is InChI=1S/C20H19ClN4O/c21-16-7-5-14(6-8-16)18-11-19(25-10-2-4-17(26)13-25)24-20(23-18)15-3-1-9-22-12-15/h1,3,5-9,11-12,17,26H,2,4,10,13H2/t17-/m1/s1. The van der Waals surface area contributed by atoms with Crippen molar-refractivity contribution in [1.29, 1.82) is 0 Å². The normalized spacial score (nSPS) is 17.3. The molecule has 3 aromatic rings. The number of β-amino-alcohol motifs (C(OH)–C–C–N with tert-alkyl or cyclic N) is 1. The van der Waals surface area contributed by atoms with E-state index in [9.17, 15) is 5.11 Å². The average Bonchev–Trinajstić information content (AvgIpc) is 2.69. The number of benzene rings is 1. The van der Waals surface area contributed by atoms with Gasteiger partial charge in [0.05, 0.1) is 11.8 Å². The summed E-state index contributed by atoms with van der Waals surface area (Å²) in [6, 6.07) is 13.4. The van der Waals surface area contributed by atoms with E-state index < -0.39 is 0 Å². The first kappa shape index (κ1) is 16.9. The Bertz CT molecular complexity index is 886. The lowest BCUT2D eigenvalue weighted by Crippen LogP contribution is -2.38. The van der Waals surface area contributed by atoms with Crippen LogP contribution in [0.2, 0.25) is 5.02 Å². The van der Waals surface area contributed by atoms with Crippen molar-refractivity contribution in [1.82, 2.24) is 15.0 Å². The molecule has 0 radical (unpaired) electrons. The number of aliphatic hydroxyl groups excluding tert-OH is 1. The average molecular weight is 367 g/mol. The molecular weight excluding hydrogens is 348 g/mol. The number of rotatable bonds is 3. The van der Waals surface area contributed by atoms with Gasteiger partial charge in [-0.3, -0.25) is 4.98 Å². The number of piperidine rings is 1. The maximum atomic E-state index is 10.0. The van der Waals surface area contributed by atoms with E-state index in [-0.39, 0.29) is 6.10 Å². The summed E-state index contributed by atoms with van der Waals surface area (Å²) < 4.78 is 0. The van der Waals surface area contributed by atoms with Crippen LogP contribution in [0.4, 0.5) is 5.82 Å². The Morgan fingerprint density at radius 1 is 1.08 bits per heavy atom. The van der Waals surface area contributed by atoms with Gasteiger partial charge in [-0.15, -0.1) is 0 Å². The van der Waals surface area contributed by atoms with Crippen LogP contribution in [0.5, 0.6) is 0 Å². The molecule has 6 heteroatoms. The van der Waals surface area contributed by atoms with Crippen molar-refractivity contribution in [2.24, 2.45) is 0 Å². The zero-order valence-electron chi connectivity index (χ0n) is 14.2. The largest absolute Gasteiger partial charge is 0.391 e. The second kappa shape index (κ2) is 7.40. The zero-order valence-corrected chi connectivity index (χ0v) is 15.0. The van der Waals surface area contributed by atoms with E-state index in [0.717, 1.165) is 42.0 Å². The molecule has 132 valence electrons. The molecule has 0 saturated carbocycles. The molecule has 0 amide bonds. The molecule has 0 bridgehead atoms. The molecule has 1 fully saturated rings. The molecule has 1 saturated heterocycles. The highest BCUT2D eigenvalue weighted by Crippen LogP contribution is 2.28. The van der Waals surface area contributed by atoms with E-state index in [2.05, 4.69) is 9.88 Å². The van der Waals surface area contributed by atoms with Crippen LogP contribution >= 0.6 is 11.6 Å². The van der Waals surface area contributed by atoms with Crippen molar-refractivity contribution in [2.75, 3.05) is 18.0 Å². The zero-order chi connectivity index (χ0) is 17.9. The van der Waals surface area contributed by atoms with Gasteiger partial charge in [0.15, 0.2) is 5.82 Å². The van der Waals surface area contributed by atoms with Crippen molar-refractivity contribution in [3.8, 4) is 22.6 Å². The highest BCUT2D eigenvalue weighted by atomic mass is 35.5. The van der Waals surface area contributed by atoms with Crippen LogP contribution < -0.4 is 4.90 Å². The predicted molar refractivity (Wildman–Crippen MR) is 103 cm³/mol. The molecule has 1 aliphatic rings. The summed E-state index contributed by atoms with van der Waals surface area (Å²) in [5.74, 6) is 1.45. The number of hydrogen-bond acceptors (Lipinski definition) is 5. The summed E-state index contributed by atoms with van der Waals surface area (Å²) in [5, 5.41) is 10.7. The minimum Gasteiger partial charge on any atom is -0.391 e. The van der Waals surface area contributed by atoms with Gasteiger partial charge >= 0.3 is 0 Å². The van der Waals surface area contributed by atoms with Crippen LogP contribution in [0.15, 0.2) is 54.9 Å². The van der Waals surface area contributed by atoms with Gasteiger partial charge in [-0.1, -0.05) is 23.7 Å². The first-order valence-electron chi connectivity index (χ1n) is 8.67. The van der Waals surface area contributed by atoms with Gasteiger partial charge in [-0.05, 0) is 37.1 Å². The Morgan fingerprint density at radius 3 is 2.65 bits per heavy atom. The fraction of sp³-hybridized carbons (Fsp3) is 0.250. The van der Waals surface area contributed by atoms with Gasteiger partial charge in [0, 0.05) is 47.7 Å². The molecule has 1 aromatic carbocycles. The lowest BCUT2D eigenvalue weighted by Gasteiger charge is -2.31. The van der Waals surface area contributed by atoms with Gasteiger partial charge in [-0.25, -0.2) is 9.97 Å². The highest BCUT2D eigenvalue weighted by molar-refractivity contribution is 6.30. The van der Waals surface area contributed by atoms with Crippen molar-refractivity contribution < 1.29 is 5.11 Å². The SMILES string of the molecule is O[C@@H]1CCCN(c2cc(-c3ccc(Cl)cc3)nc(-c3cccnc3)n2)C1. The third kappa shape index (κ3) is 3.69. The second-order valence-electron chi connectivity index (χ2n) is 6.43. The fourth-order valence-corrected chi connectivity index (χ4v) is 3.28. The molecule has 2 aromatic heterocycles. The molecular formula is C20H19ClN4O. The van der Waals surface area contributed by atoms with E-state index in [1.54, 1.807) is 12.4 Å². The fourth-order valence-electron chi connectivity index (χ4n) is 3.15. The van der Waals surface area contributed by atoms with Crippen molar-refractivity contribution in [3.63, 3.8) is 0 Å². The van der Waals surface area contributed by atoms with Gasteiger partial charge < -0.3 is 10.0 Å². The molecule has 0 unspecified atom stereocenters. The smallest absolute Gasteiger partial charge is 0.163 e. The number of aromatic nitrogens is 3. The van der Waals surface area contributed by atoms with Gasteiger partial charge in [0.1, 0.15) is 5.82 Å². The Hall–Kier alpha value is -2.50. The van der Waals surface area contributed by atoms with E-state index in [4.69, 9.17) is 21.6 Å². The highest BCUT2D eigenvalue weighted by Gasteiger charge is 2.20. The molecule has 1 atom stereocenters. The third-order valence-electron chi connectivity index (χ3n) is 4.49. The van der Waals surface area contributed by atoms with Crippen LogP contribution in [0.25, 0.3) is 22.6 Å². The third-order valence-corrected chi connectivity index (χ3v) is 4.74. The van der Waals surface area contributed by atoms with Gasteiger partial charge in [-0.2, -0.15) is 0 Å². The molecule has 0 aliphatic carbocycles. The monoisotopic (exact) mass is 366 g/mol. The number of nitrogens with zero attached hydrogens (tertiary/aromatic N) is 4. The van der Waals surface area contributed by atoms with E-state index in [0.29, 0.717) is 17.4 Å². The Labute approximate surface area is 157 Å². The maximum absolute atomic E-state index is 10.0.